The normalized spacial score (nSPS) is 18.6. The van der Waals surface area contributed by atoms with Gasteiger partial charge in [-0.1, -0.05) is 6.07 Å². The first-order valence-corrected chi connectivity index (χ1v) is 8.10. The van der Waals surface area contributed by atoms with Crippen LogP contribution in [-0.4, -0.2) is 28.6 Å². The van der Waals surface area contributed by atoms with E-state index >= 15 is 0 Å². The number of aliphatic hydroxyl groups is 1. The van der Waals surface area contributed by atoms with Crippen molar-refractivity contribution >= 4 is 11.7 Å². The average Bonchev–Trinajstić information content (AvgIpc) is 3.22. The predicted octanol–water partition coefficient (Wildman–Crippen LogP) is 3.85. The Bertz CT molecular complexity index is 702. The van der Waals surface area contributed by atoms with Gasteiger partial charge in [0, 0.05) is 24.7 Å². The van der Waals surface area contributed by atoms with Crippen molar-refractivity contribution in [1.29, 1.82) is 0 Å². The summed E-state index contributed by atoms with van der Waals surface area (Å²) in [6, 6.07) is 7.42. The first kappa shape index (κ1) is 16.5. The van der Waals surface area contributed by atoms with E-state index in [0.29, 0.717) is 24.4 Å². The van der Waals surface area contributed by atoms with Gasteiger partial charge in [0.25, 0.3) is 0 Å². The van der Waals surface area contributed by atoms with Crippen LogP contribution < -0.4 is 5.32 Å². The molecule has 3 rings (SSSR count). The minimum atomic E-state index is -0.741. The second kappa shape index (κ2) is 7.05. The molecule has 1 aromatic carbocycles. The highest BCUT2D eigenvalue weighted by atomic mass is 19.1. The fourth-order valence-corrected chi connectivity index (χ4v) is 3.12. The lowest BCUT2D eigenvalue weighted by Gasteiger charge is -2.26. The van der Waals surface area contributed by atoms with Gasteiger partial charge in [-0.25, -0.2) is 9.18 Å². The minimum Gasteiger partial charge on any atom is -0.467 e. The molecule has 0 spiro atoms. The highest BCUT2D eigenvalue weighted by Gasteiger charge is 2.31. The summed E-state index contributed by atoms with van der Waals surface area (Å²) in [5, 5.41) is 13.0. The average molecular weight is 332 g/mol. The van der Waals surface area contributed by atoms with Crippen LogP contribution in [0.15, 0.2) is 41.0 Å². The van der Waals surface area contributed by atoms with Gasteiger partial charge in [0.15, 0.2) is 0 Å². The Morgan fingerprint density at radius 3 is 3.08 bits per heavy atom. The lowest BCUT2D eigenvalue weighted by molar-refractivity contribution is 0.110. The summed E-state index contributed by atoms with van der Waals surface area (Å²) < 4.78 is 18.6. The molecule has 6 heteroatoms. The van der Waals surface area contributed by atoms with Gasteiger partial charge in [-0.15, -0.1) is 0 Å². The van der Waals surface area contributed by atoms with Gasteiger partial charge in [0.2, 0.25) is 0 Å². The van der Waals surface area contributed by atoms with Crippen LogP contribution in [0.1, 0.15) is 36.7 Å². The van der Waals surface area contributed by atoms with Gasteiger partial charge in [-0.3, -0.25) is 0 Å². The first-order chi connectivity index (χ1) is 11.5. The number of urea groups is 1. The van der Waals surface area contributed by atoms with Crippen molar-refractivity contribution in [2.24, 2.45) is 0 Å². The molecule has 0 bridgehead atoms. The molecule has 24 heavy (non-hydrogen) atoms. The van der Waals surface area contributed by atoms with E-state index in [2.05, 4.69) is 5.32 Å². The van der Waals surface area contributed by atoms with Gasteiger partial charge in [0.1, 0.15) is 17.7 Å². The van der Waals surface area contributed by atoms with Crippen molar-refractivity contribution in [1.82, 2.24) is 4.90 Å². The Balaban J connectivity index is 1.66. The van der Waals surface area contributed by atoms with E-state index in [1.54, 1.807) is 23.1 Å². The minimum absolute atomic E-state index is 0.0704. The number of benzene rings is 1. The number of hydrogen-bond acceptors (Lipinski definition) is 3. The molecule has 2 amide bonds. The number of anilines is 1. The van der Waals surface area contributed by atoms with E-state index < -0.39 is 6.10 Å². The zero-order chi connectivity index (χ0) is 17.1. The van der Waals surface area contributed by atoms with Crippen LogP contribution >= 0.6 is 0 Å². The van der Waals surface area contributed by atoms with Crippen LogP contribution in [0.4, 0.5) is 14.9 Å². The van der Waals surface area contributed by atoms with E-state index in [9.17, 15) is 14.3 Å². The Hall–Kier alpha value is -2.34. The maximum Gasteiger partial charge on any atom is 0.322 e. The summed E-state index contributed by atoms with van der Waals surface area (Å²) in [5.74, 6) is 0.116. The molecule has 2 heterocycles. The number of amides is 2. The van der Waals surface area contributed by atoms with E-state index in [1.807, 2.05) is 6.92 Å². The third-order valence-electron chi connectivity index (χ3n) is 4.45. The fourth-order valence-electron chi connectivity index (χ4n) is 3.12. The molecule has 0 aliphatic carbocycles. The largest absolute Gasteiger partial charge is 0.467 e. The third-order valence-corrected chi connectivity index (χ3v) is 4.45. The van der Waals surface area contributed by atoms with Crippen LogP contribution in [0.2, 0.25) is 0 Å². The van der Waals surface area contributed by atoms with E-state index in [-0.39, 0.29) is 17.9 Å². The number of furan rings is 1. The maximum atomic E-state index is 13.4. The fraction of sp³-hybridized carbons (Fsp3) is 0.389. The van der Waals surface area contributed by atoms with Crippen molar-refractivity contribution in [2.45, 2.75) is 38.3 Å². The van der Waals surface area contributed by atoms with E-state index in [1.165, 1.54) is 18.4 Å². The maximum absolute atomic E-state index is 13.4. The van der Waals surface area contributed by atoms with Gasteiger partial charge < -0.3 is 19.7 Å². The number of carbonyl (C=O) groups excluding carboxylic acids is 1. The van der Waals surface area contributed by atoms with Crippen molar-refractivity contribution < 1.29 is 18.7 Å². The van der Waals surface area contributed by atoms with Gasteiger partial charge in [-0.05, 0) is 49.6 Å². The lowest BCUT2D eigenvalue weighted by atomic mass is 10.1. The topological polar surface area (TPSA) is 65.7 Å². The molecule has 2 unspecified atom stereocenters. The number of aliphatic hydroxyl groups excluding tert-OH is 1. The lowest BCUT2D eigenvalue weighted by Crippen LogP contribution is -2.39. The van der Waals surface area contributed by atoms with Gasteiger partial charge >= 0.3 is 6.03 Å². The van der Waals surface area contributed by atoms with Crippen LogP contribution in [0.3, 0.4) is 0 Å². The van der Waals surface area contributed by atoms with E-state index in [0.717, 1.165) is 18.4 Å². The first-order valence-electron chi connectivity index (χ1n) is 8.10. The third kappa shape index (κ3) is 3.59. The SMILES string of the molecule is Cc1ccc(F)cc1NC(=O)N1CCCC1CC(O)c1ccco1. The van der Waals surface area contributed by atoms with Crippen molar-refractivity contribution in [3.05, 3.63) is 53.7 Å². The molecule has 2 aromatic rings. The number of aryl methyl sites for hydroxylation is 1. The van der Waals surface area contributed by atoms with Gasteiger partial charge in [0.05, 0.1) is 6.26 Å². The van der Waals surface area contributed by atoms with Gasteiger partial charge in [-0.2, -0.15) is 0 Å². The molecule has 1 aromatic heterocycles. The highest BCUT2D eigenvalue weighted by molar-refractivity contribution is 5.90. The zero-order valence-corrected chi connectivity index (χ0v) is 13.5. The highest BCUT2D eigenvalue weighted by Crippen LogP contribution is 2.28. The summed E-state index contributed by atoms with van der Waals surface area (Å²) >= 11 is 0. The molecule has 0 radical (unpaired) electrons. The molecule has 1 saturated heterocycles. The smallest absolute Gasteiger partial charge is 0.322 e. The molecule has 1 aliphatic heterocycles. The molecule has 5 nitrogen and oxygen atoms in total. The number of carbonyl (C=O) groups is 1. The van der Waals surface area contributed by atoms with Crippen LogP contribution in [0, 0.1) is 12.7 Å². The molecule has 1 fully saturated rings. The van der Waals surface area contributed by atoms with Crippen LogP contribution in [0.5, 0.6) is 0 Å². The second-order valence-corrected chi connectivity index (χ2v) is 6.15. The molecular formula is C18H21FN2O3. The predicted molar refractivity (Wildman–Crippen MR) is 88.2 cm³/mol. The number of nitrogens with one attached hydrogen (secondary N) is 1. The quantitative estimate of drug-likeness (QED) is 0.894. The number of halogens is 1. The number of hydrogen-bond donors (Lipinski definition) is 2. The summed E-state index contributed by atoms with van der Waals surface area (Å²) in [6.45, 7) is 2.44. The van der Waals surface area contributed by atoms with E-state index in [4.69, 9.17) is 4.42 Å². The van der Waals surface area contributed by atoms with Crippen molar-refractivity contribution in [3.8, 4) is 0 Å². The summed E-state index contributed by atoms with van der Waals surface area (Å²) in [6.07, 6.45) is 2.90. The van der Waals surface area contributed by atoms with Crippen LogP contribution in [-0.2, 0) is 0 Å². The molecule has 0 saturated carbocycles. The molecule has 128 valence electrons. The summed E-state index contributed by atoms with van der Waals surface area (Å²) in [7, 11) is 0. The molecule has 2 N–H and O–H groups in total. The Morgan fingerprint density at radius 1 is 1.50 bits per heavy atom. The number of likely N-dealkylation sites (tertiary alicyclic amines) is 1. The monoisotopic (exact) mass is 332 g/mol. The summed E-state index contributed by atoms with van der Waals surface area (Å²) in [5.41, 5.74) is 1.27. The standard InChI is InChI=1S/C18H21FN2O3/c1-12-6-7-13(19)10-15(12)20-18(23)21-8-2-4-14(21)11-16(22)17-5-3-9-24-17/h3,5-7,9-10,14,16,22H,2,4,8,11H2,1H3,(H,20,23). The van der Waals surface area contributed by atoms with Crippen molar-refractivity contribution in [2.75, 3.05) is 11.9 Å². The van der Waals surface area contributed by atoms with Crippen LogP contribution in [0.25, 0.3) is 0 Å². The Kier molecular flexibility index (Phi) is 4.85. The Morgan fingerprint density at radius 2 is 2.33 bits per heavy atom. The number of rotatable bonds is 4. The molecule has 2 atom stereocenters. The Labute approximate surface area is 140 Å². The second-order valence-electron chi connectivity index (χ2n) is 6.15. The molecule has 1 aliphatic rings. The van der Waals surface area contributed by atoms with Crippen molar-refractivity contribution in [3.63, 3.8) is 0 Å². The summed E-state index contributed by atoms with van der Waals surface area (Å²) in [4.78, 5) is 14.2. The zero-order valence-electron chi connectivity index (χ0n) is 13.5. The number of nitrogens with zero attached hydrogens (tertiary/aromatic N) is 1. The molecular weight excluding hydrogens is 311 g/mol.